The van der Waals surface area contributed by atoms with Crippen molar-refractivity contribution in [1.29, 1.82) is 0 Å². The van der Waals surface area contributed by atoms with Crippen LogP contribution in [-0.4, -0.2) is 50.3 Å². The minimum absolute atomic E-state index is 0.142. The average molecular weight is 444 g/mol. The van der Waals surface area contributed by atoms with E-state index in [0.717, 1.165) is 11.3 Å². The predicted molar refractivity (Wildman–Crippen MR) is 112 cm³/mol. The summed E-state index contributed by atoms with van der Waals surface area (Å²) in [5.41, 5.74) is 0.976. The second-order valence-corrected chi connectivity index (χ2v) is 7.20. The predicted octanol–water partition coefficient (Wildman–Crippen LogP) is 2.18. The Morgan fingerprint density at radius 3 is 2.48 bits per heavy atom. The van der Waals surface area contributed by atoms with Gasteiger partial charge in [0.05, 0.1) is 37.1 Å². The zero-order chi connectivity index (χ0) is 22.4. The van der Waals surface area contributed by atoms with Crippen molar-refractivity contribution in [2.24, 2.45) is 4.99 Å². The summed E-state index contributed by atoms with van der Waals surface area (Å²) < 4.78 is 22.3. The van der Waals surface area contributed by atoms with Crippen molar-refractivity contribution in [1.82, 2.24) is 4.57 Å². The molecule has 162 valence electrons. The van der Waals surface area contributed by atoms with Gasteiger partial charge in [-0.25, -0.2) is 4.79 Å². The number of esters is 2. The quantitative estimate of drug-likeness (QED) is 0.514. The van der Waals surface area contributed by atoms with Crippen LogP contribution in [0.5, 0.6) is 11.5 Å². The van der Waals surface area contributed by atoms with Crippen molar-refractivity contribution < 1.29 is 33.3 Å². The van der Waals surface area contributed by atoms with Crippen molar-refractivity contribution in [3.8, 4) is 11.5 Å². The first-order valence-corrected chi connectivity index (χ1v) is 9.89. The first kappa shape index (κ1) is 22.0. The lowest BCUT2D eigenvalue weighted by molar-refractivity contribution is -0.141. The van der Waals surface area contributed by atoms with Gasteiger partial charge < -0.3 is 23.5 Å². The Hall–Kier alpha value is -3.66. The van der Waals surface area contributed by atoms with Gasteiger partial charge >= 0.3 is 11.9 Å². The van der Waals surface area contributed by atoms with E-state index in [1.54, 1.807) is 47.0 Å². The molecule has 0 atom stereocenters. The zero-order valence-corrected chi connectivity index (χ0v) is 17.9. The van der Waals surface area contributed by atoms with Gasteiger partial charge in [0.2, 0.25) is 0 Å². The maximum Gasteiger partial charge on any atom is 0.337 e. The van der Waals surface area contributed by atoms with Gasteiger partial charge in [-0.3, -0.25) is 9.59 Å². The van der Waals surface area contributed by atoms with E-state index >= 15 is 0 Å². The summed E-state index contributed by atoms with van der Waals surface area (Å²) in [7, 11) is 4.10. The fourth-order valence-corrected chi connectivity index (χ4v) is 3.81. The summed E-state index contributed by atoms with van der Waals surface area (Å²) in [5.74, 6) is -0.469. The summed E-state index contributed by atoms with van der Waals surface area (Å²) >= 11 is 1.16. The first-order chi connectivity index (χ1) is 14.9. The van der Waals surface area contributed by atoms with Gasteiger partial charge in [0.1, 0.15) is 18.0 Å². The van der Waals surface area contributed by atoms with Gasteiger partial charge in [0, 0.05) is 6.07 Å². The van der Waals surface area contributed by atoms with E-state index in [0.29, 0.717) is 27.3 Å². The Kier molecular flexibility index (Phi) is 7.03. The molecular weight excluding hydrogens is 424 g/mol. The van der Waals surface area contributed by atoms with Crippen molar-refractivity contribution in [3.05, 3.63) is 52.8 Å². The molecule has 10 heteroatoms. The molecule has 1 heterocycles. The summed E-state index contributed by atoms with van der Waals surface area (Å²) in [6, 6.07) is 11.7. The van der Waals surface area contributed by atoms with Crippen LogP contribution in [-0.2, 0) is 25.6 Å². The molecule has 0 bridgehead atoms. The Bertz CT molecular complexity index is 1200. The van der Waals surface area contributed by atoms with Gasteiger partial charge in [-0.2, -0.15) is 4.99 Å². The molecule has 0 spiro atoms. The molecule has 0 fully saturated rings. The number of aromatic nitrogens is 1. The van der Waals surface area contributed by atoms with E-state index in [1.165, 1.54) is 21.3 Å². The molecule has 1 aromatic heterocycles. The molecule has 0 saturated carbocycles. The molecule has 0 aliphatic heterocycles. The van der Waals surface area contributed by atoms with E-state index in [-0.39, 0.29) is 18.0 Å². The minimum atomic E-state index is -0.541. The molecule has 1 amide bonds. The number of carbonyl (C=O) groups excluding carboxylic acids is 3. The Labute approximate surface area is 181 Å². The third kappa shape index (κ3) is 5.28. The lowest BCUT2D eigenvalue weighted by Crippen LogP contribution is -2.23. The summed E-state index contributed by atoms with van der Waals surface area (Å²) in [5, 5.41) is 0. The monoisotopic (exact) mass is 444 g/mol. The number of fused-ring (bicyclic) bond motifs is 1. The largest absolute Gasteiger partial charge is 0.497 e. The highest BCUT2D eigenvalue weighted by molar-refractivity contribution is 7.16. The zero-order valence-electron chi connectivity index (χ0n) is 17.1. The fraction of sp³-hybridized carbons (Fsp3) is 0.238. The number of carbonyl (C=O) groups is 3. The Morgan fingerprint density at radius 2 is 1.77 bits per heavy atom. The number of nitrogens with zero attached hydrogens (tertiary/aromatic N) is 2. The van der Waals surface area contributed by atoms with Crippen molar-refractivity contribution in [3.63, 3.8) is 0 Å². The van der Waals surface area contributed by atoms with Crippen LogP contribution in [0.25, 0.3) is 10.2 Å². The summed E-state index contributed by atoms with van der Waals surface area (Å²) in [6.07, 6.45) is 0. The maximum absolute atomic E-state index is 12.4. The molecule has 3 rings (SSSR count). The van der Waals surface area contributed by atoms with Crippen LogP contribution in [0.1, 0.15) is 10.4 Å². The number of hydrogen-bond donors (Lipinski definition) is 0. The van der Waals surface area contributed by atoms with Crippen molar-refractivity contribution in [2.45, 2.75) is 6.54 Å². The number of ether oxygens (including phenoxy) is 4. The third-order valence-electron chi connectivity index (χ3n) is 4.24. The molecule has 2 aromatic carbocycles. The number of rotatable bonds is 7. The van der Waals surface area contributed by atoms with E-state index < -0.39 is 17.8 Å². The van der Waals surface area contributed by atoms with Gasteiger partial charge in [0.25, 0.3) is 5.91 Å². The highest BCUT2D eigenvalue weighted by atomic mass is 32.1. The Morgan fingerprint density at radius 1 is 1.00 bits per heavy atom. The first-order valence-electron chi connectivity index (χ1n) is 9.08. The second-order valence-electron chi connectivity index (χ2n) is 6.19. The van der Waals surface area contributed by atoms with E-state index in [4.69, 9.17) is 18.9 Å². The van der Waals surface area contributed by atoms with Gasteiger partial charge in [-0.15, -0.1) is 0 Å². The molecule has 0 aliphatic carbocycles. The van der Waals surface area contributed by atoms with Gasteiger partial charge in [0.15, 0.2) is 11.4 Å². The number of amides is 1. The van der Waals surface area contributed by atoms with Crippen LogP contribution in [0.4, 0.5) is 0 Å². The van der Waals surface area contributed by atoms with Crippen LogP contribution in [0.3, 0.4) is 0 Å². The molecule has 0 radical (unpaired) electrons. The lowest BCUT2D eigenvalue weighted by atomic mass is 10.2. The molecule has 0 aliphatic rings. The van der Waals surface area contributed by atoms with Crippen molar-refractivity contribution >= 4 is 39.4 Å². The van der Waals surface area contributed by atoms with Gasteiger partial charge in [-0.05, 0) is 30.3 Å². The second kappa shape index (κ2) is 9.90. The van der Waals surface area contributed by atoms with Crippen molar-refractivity contribution in [2.75, 3.05) is 27.9 Å². The highest BCUT2D eigenvalue weighted by Crippen LogP contribution is 2.21. The summed E-state index contributed by atoms with van der Waals surface area (Å²) in [6.45, 7) is -0.441. The number of hydrogen-bond acceptors (Lipinski definition) is 8. The fourth-order valence-electron chi connectivity index (χ4n) is 2.72. The number of benzene rings is 2. The smallest absolute Gasteiger partial charge is 0.337 e. The van der Waals surface area contributed by atoms with Crippen LogP contribution in [0, 0.1) is 0 Å². The molecule has 9 nitrogen and oxygen atoms in total. The molecule has 3 aromatic rings. The Balaban J connectivity index is 1.92. The number of methoxy groups -OCH3 is 3. The molecular formula is C21H20N2O7S. The summed E-state index contributed by atoms with van der Waals surface area (Å²) in [4.78, 5) is 40.5. The minimum Gasteiger partial charge on any atom is -0.497 e. The van der Waals surface area contributed by atoms with Crippen LogP contribution in [0.2, 0.25) is 0 Å². The topological polar surface area (TPSA) is 105 Å². The van der Waals surface area contributed by atoms with E-state index in [2.05, 4.69) is 4.99 Å². The average Bonchev–Trinajstić information content (AvgIpc) is 3.12. The van der Waals surface area contributed by atoms with E-state index in [1.807, 2.05) is 0 Å². The SMILES string of the molecule is COC(=O)Cn1c(=NC(=O)COc2cccc(OC)c2)sc2cc(C(=O)OC)ccc21. The van der Waals surface area contributed by atoms with Gasteiger partial charge in [-0.1, -0.05) is 17.4 Å². The maximum atomic E-state index is 12.4. The highest BCUT2D eigenvalue weighted by Gasteiger charge is 2.14. The normalized spacial score (nSPS) is 11.3. The number of thiazole rings is 1. The molecule has 0 unspecified atom stereocenters. The molecule has 31 heavy (non-hydrogen) atoms. The lowest BCUT2D eigenvalue weighted by Gasteiger charge is -2.06. The standard InChI is InChI=1S/C21H20N2O7S/c1-27-14-5-4-6-15(10-14)30-12-18(24)22-21-23(11-19(25)28-2)16-8-7-13(20(26)29-3)9-17(16)31-21/h4-10H,11-12H2,1-3H3. The van der Waals surface area contributed by atoms with Crippen LogP contribution >= 0.6 is 11.3 Å². The van der Waals surface area contributed by atoms with E-state index in [9.17, 15) is 14.4 Å². The van der Waals surface area contributed by atoms with Crippen LogP contribution < -0.4 is 14.3 Å². The molecule has 0 N–H and O–H groups in total. The third-order valence-corrected chi connectivity index (χ3v) is 5.28. The molecule has 0 saturated heterocycles. The van der Waals surface area contributed by atoms with Crippen LogP contribution in [0.15, 0.2) is 47.5 Å².